The lowest BCUT2D eigenvalue weighted by atomic mass is 9.96. The summed E-state index contributed by atoms with van der Waals surface area (Å²) in [5, 5.41) is 0. The van der Waals surface area contributed by atoms with Crippen LogP contribution in [-0.4, -0.2) is 41.9 Å². The van der Waals surface area contributed by atoms with Gasteiger partial charge in [0.25, 0.3) is 5.91 Å². The lowest BCUT2D eigenvalue weighted by Gasteiger charge is -2.28. The van der Waals surface area contributed by atoms with E-state index in [1.807, 2.05) is 41.3 Å². The Kier molecular flexibility index (Phi) is 9.67. The second kappa shape index (κ2) is 12.0. The van der Waals surface area contributed by atoms with Crippen molar-refractivity contribution in [3.63, 3.8) is 0 Å². The topological polar surface area (TPSA) is 49.6 Å². The molecule has 1 atom stereocenters. The van der Waals surface area contributed by atoms with Crippen LogP contribution in [0.4, 0.5) is 5.69 Å². The van der Waals surface area contributed by atoms with E-state index in [1.54, 1.807) is 0 Å². The highest BCUT2D eigenvalue weighted by Crippen LogP contribution is 2.40. The third kappa shape index (κ3) is 5.55. The number of anilines is 1. The third-order valence-corrected chi connectivity index (χ3v) is 5.88. The van der Waals surface area contributed by atoms with Crippen molar-refractivity contribution >= 4 is 24.0 Å². The van der Waals surface area contributed by atoms with Crippen molar-refractivity contribution in [3.05, 3.63) is 65.2 Å². The average molecular weight is 430 g/mol. The molecule has 1 heterocycles. The first-order valence-corrected chi connectivity index (χ1v) is 11.1. The monoisotopic (exact) mass is 429 g/mol. The highest BCUT2D eigenvalue weighted by atomic mass is 35.5. The average Bonchev–Trinajstić information content (AvgIpc) is 3.02. The Balaban J connectivity index is 0.00000320. The van der Waals surface area contributed by atoms with Crippen molar-refractivity contribution in [2.45, 2.75) is 52.0 Å². The van der Waals surface area contributed by atoms with Gasteiger partial charge < -0.3 is 15.5 Å². The van der Waals surface area contributed by atoms with Crippen molar-refractivity contribution in [1.29, 1.82) is 0 Å². The molecular formula is C25H36ClN3O. The summed E-state index contributed by atoms with van der Waals surface area (Å²) in [5.74, 6) is 0.127. The van der Waals surface area contributed by atoms with Gasteiger partial charge in [0, 0.05) is 23.4 Å². The zero-order chi connectivity index (χ0) is 20.6. The normalized spacial score (nSPS) is 15.4. The predicted octanol–water partition coefficient (Wildman–Crippen LogP) is 5.53. The maximum atomic E-state index is 13.2. The van der Waals surface area contributed by atoms with Crippen LogP contribution in [0.15, 0.2) is 48.5 Å². The Morgan fingerprint density at radius 1 is 0.867 bits per heavy atom. The lowest BCUT2D eigenvalue weighted by molar-refractivity contribution is 0.0741. The molecule has 0 aliphatic carbocycles. The number of hydrogen-bond donors (Lipinski definition) is 1. The highest BCUT2D eigenvalue weighted by molar-refractivity contribution is 6.00. The van der Waals surface area contributed by atoms with Gasteiger partial charge in [0.2, 0.25) is 0 Å². The summed E-state index contributed by atoms with van der Waals surface area (Å²) < 4.78 is 0. The molecule has 164 valence electrons. The first-order chi connectivity index (χ1) is 14.2. The van der Waals surface area contributed by atoms with Gasteiger partial charge in [-0.2, -0.15) is 0 Å². The molecule has 0 bridgehead atoms. The van der Waals surface area contributed by atoms with E-state index in [0.717, 1.165) is 55.0 Å². The van der Waals surface area contributed by atoms with Crippen molar-refractivity contribution in [2.75, 3.05) is 31.9 Å². The molecule has 2 aromatic carbocycles. The van der Waals surface area contributed by atoms with Gasteiger partial charge >= 0.3 is 0 Å². The van der Waals surface area contributed by atoms with E-state index < -0.39 is 0 Å². The minimum Gasteiger partial charge on any atom is -0.398 e. The number of fused-ring (bicyclic) bond motifs is 1. The van der Waals surface area contributed by atoms with Gasteiger partial charge in [-0.3, -0.25) is 4.79 Å². The number of hydrogen-bond acceptors (Lipinski definition) is 3. The Hall–Kier alpha value is -2.04. The molecule has 0 saturated carbocycles. The fourth-order valence-corrected chi connectivity index (χ4v) is 4.26. The van der Waals surface area contributed by atoms with Gasteiger partial charge in [-0.05, 0) is 56.6 Å². The molecule has 1 amide bonds. The second-order valence-corrected chi connectivity index (χ2v) is 8.02. The number of unbranched alkanes of at least 4 members (excludes halogenated alkanes) is 2. The van der Waals surface area contributed by atoms with Gasteiger partial charge in [0.15, 0.2) is 0 Å². The van der Waals surface area contributed by atoms with Crippen molar-refractivity contribution < 1.29 is 4.79 Å². The second-order valence-electron chi connectivity index (χ2n) is 8.02. The fraction of sp³-hybridized carbons (Fsp3) is 0.480. The molecule has 3 rings (SSSR count). The standard InChI is InChI=1S/C25H35N3O.ClH/c1-3-5-16-27(17-6-4-2)18-11-19-28-24(22-14-9-10-15-23(22)26)20-12-7-8-13-21(20)25(28)29;/h7-10,12-15,24H,3-6,11,16-19,26H2,1-2H3;1H. The van der Waals surface area contributed by atoms with E-state index >= 15 is 0 Å². The van der Waals surface area contributed by atoms with Gasteiger partial charge in [-0.25, -0.2) is 0 Å². The molecule has 30 heavy (non-hydrogen) atoms. The summed E-state index contributed by atoms with van der Waals surface area (Å²) in [7, 11) is 0. The molecule has 1 unspecified atom stereocenters. The van der Waals surface area contributed by atoms with Crippen molar-refractivity contribution in [3.8, 4) is 0 Å². The Bertz CT molecular complexity index is 802. The number of carbonyl (C=O) groups excluding carboxylic acids is 1. The number of para-hydroxylation sites is 1. The molecule has 2 aromatic rings. The van der Waals surface area contributed by atoms with E-state index in [-0.39, 0.29) is 24.4 Å². The lowest BCUT2D eigenvalue weighted by Crippen LogP contribution is -2.34. The first kappa shape index (κ1) is 24.2. The zero-order valence-electron chi connectivity index (χ0n) is 18.3. The van der Waals surface area contributed by atoms with Crippen molar-refractivity contribution in [1.82, 2.24) is 9.80 Å². The largest absolute Gasteiger partial charge is 0.398 e. The van der Waals surface area contributed by atoms with Gasteiger partial charge in [0.05, 0.1) is 6.04 Å². The number of nitrogens with zero attached hydrogens (tertiary/aromatic N) is 2. The Morgan fingerprint density at radius 2 is 1.43 bits per heavy atom. The first-order valence-electron chi connectivity index (χ1n) is 11.1. The summed E-state index contributed by atoms with van der Waals surface area (Å²) >= 11 is 0. The molecule has 0 spiro atoms. The van der Waals surface area contributed by atoms with Crippen LogP contribution in [0.3, 0.4) is 0 Å². The third-order valence-electron chi connectivity index (χ3n) is 5.88. The number of carbonyl (C=O) groups is 1. The Labute approximate surface area is 187 Å². The summed E-state index contributed by atoms with van der Waals surface area (Å²) in [4.78, 5) is 17.8. The summed E-state index contributed by atoms with van der Waals surface area (Å²) in [6.45, 7) is 8.58. The maximum absolute atomic E-state index is 13.2. The number of benzene rings is 2. The van der Waals surface area contributed by atoms with Crippen LogP contribution in [-0.2, 0) is 0 Å². The summed E-state index contributed by atoms with van der Waals surface area (Å²) in [6.07, 6.45) is 5.90. The minimum absolute atomic E-state index is 0. The minimum atomic E-state index is -0.0837. The van der Waals surface area contributed by atoms with E-state index in [2.05, 4.69) is 30.9 Å². The quantitative estimate of drug-likeness (QED) is 0.478. The molecule has 0 radical (unpaired) electrons. The Morgan fingerprint density at radius 3 is 2.07 bits per heavy atom. The number of amides is 1. The van der Waals surface area contributed by atoms with Crippen molar-refractivity contribution in [2.24, 2.45) is 0 Å². The van der Waals surface area contributed by atoms with Crippen LogP contribution in [0.5, 0.6) is 0 Å². The zero-order valence-corrected chi connectivity index (χ0v) is 19.2. The van der Waals surface area contributed by atoms with E-state index in [0.29, 0.717) is 0 Å². The number of nitrogens with two attached hydrogens (primary N) is 1. The summed E-state index contributed by atoms with van der Waals surface area (Å²) in [6, 6.07) is 15.8. The SMILES string of the molecule is CCCCN(CCCC)CCCN1C(=O)c2ccccc2C1c1ccccc1N.Cl. The molecule has 0 aromatic heterocycles. The predicted molar refractivity (Wildman–Crippen MR) is 128 cm³/mol. The van der Waals surface area contributed by atoms with Crippen LogP contribution < -0.4 is 5.73 Å². The molecular weight excluding hydrogens is 394 g/mol. The van der Waals surface area contributed by atoms with Crippen LogP contribution in [0.25, 0.3) is 0 Å². The molecule has 4 nitrogen and oxygen atoms in total. The van der Waals surface area contributed by atoms with E-state index in [1.165, 1.54) is 25.7 Å². The fourth-order valence-electron chi connectivity index (χ4n) is 4.26. The van der Waals surface area contributed by atoms with Gasteiger partial charge in [-0.15, -0.1) is 12.4 Å². The molecule has 1 aliphatic heterocycles. The number of rotatable bonds is 11. The van der Waals surface area contributed by atoms with E-state index in [4.69, 9.17) is 5.73 Å². The molecule has 5 heteroatoms. The van der Waals surface area contributed by atoms with Crippen LogP contribution >= 0.6 is 12.4 Å². The van der Waals surface area contributed by atoms with Gasteiger partial charge in [-0.1, -0.05) is 63.1 Å². The van der Waals surface area contributed by atoms with Crippen LogP contribution in [0.2, 0.25) is 0 Å². The molecule has 1 aliphatic rings. The highest BCUT2D eigenvalue weighted by Gasteiger charge is 2.37. The molecule has 0 fully saturated rings. The van der Waals surface area contributed by atoms with Crippen LogP contribution in [0.1, 0.15) is 73.5 Å². The van der Waals surface area contributed by atoms with E-state index in [9.17, 15) is 4.79 Å². The molecule has 2 N–H and O–H groups in total. The van der Waals surface area contributed by atoms with Crippen LogP contribution in [0, 0.1) is 0 Å². The summed E-state index contributed by atoms with van der Waals surface area (Å²) in [5.41, 5.74) is 9.97. The number of nitrogen functional groups attached to an aromatic ring is 1. The maximum Gasteiger partial charge on any atom is 0.255 e. The number of halogens is 1. The smallest absolute Gasteiger partial charge is 0.255 e. The van der Waals surface area contributed by atoms with Gasteiger partial charge in [0.1, 0.15) is 0 Å². The molecule has 0 saturated heterocycles.